The Hall–Kier alpha value is -1.57. The fourth-order valence-electron chi connectivity index (χ4n) is 3.79. The molecule has 1 N–H and O–H groups in total. The Balaban J connectivity index is 2.20. The Labute approximate surface area is 134 Å². The van der Waals surface area contributed by atoms with Crippen LogP contribution in [0.5, 0.6) is 5.75 Å². The number of phenolic OH excluding ortho intramolecular Hbond substituents is 1. The topological polar surface area (TPSA) is 37.3 Å². The lowest BCUT2D eigenvalue weighted by Gasteiger charge is -2.34. The zero-order chi connectivity index (χ0) is 16.3. The van der Waals surface area contributed by atoms with Crippen LogP contribution in [0.1, 0.15) is 75.0 Å². The van der Waals surface area contributed by atoms with Crippen LogP contribution in [0, 0.1) is 12.8 Å². The first-order valence-electron chi connectivity index (χ1n) is 8.39. The van der Waals surface area contributed by atoms with Crippen molar-refractivity contribution in [2.45, 2.75) is 65.2 Å². The van der Waals surface area contributed by atoms with Gasteiger partial charge in [0.25, 0.3) is 0 Å². The third kappa shape index (κ3) is 3.60. The van der Waals surface area contributed by atoms with Crippen LogP contribution in [0.4, 0.5) is 0 Å². The smallest absolute Gasteiger partial charge is 0.145 e. The maximum Gasteiger partial charge on any atom is 0.145 e. The summed E-state index contributed by atoms with van der Waals surface area (Å²) >= 11 is 0. The van der Waals surface area contributed by atoms with E-state index in [1.807, 2.05) is 19.1 Å². The number of hydrogen-bond acceptors (Lipinski definition) is 2. The number of aldehydes is 1. The first-order chi connectivity index (χ1) is 10.4. The normalized spacial score (nSPS) is 23.0. The summed E-state index contributed by atoms with van der Waals surface area (Å²) in [5.41, 5.74) is 4.46. The molecule has 120 valence electrons. The molecule has 3 atom stereocenters. The lowest BCUT2D eigenvalue weighted by atomic mass is 9.71. The number of aromatic hydroxyl groups is 1. The monoisotopic (exact) mass is 300 g/mol. The summed E-state index contributed by atoms with van der Waals surface area (Å²) < 4.78 is 0. The quantitative estimate of drug-likeness (QED) is 0.596. The van der Waals surface area contributed by atoms with E-state index in [-0.39, 0.29) is 0 Å². The molecule has 0 radical (unpaired) electrons. The summed E-state index contributed by atoms with van der Waals surface area (Å²) in [6.45, 7) is 8.42. The Morgan fingerprint density at radius 2 is 2.14 bits per heavy atom. The van der Waals surface area contributed by atoms with Gasteiger partial charge < -0.3 is 5.11 Å². The second kappa shape index (κ2) is 7.13. The van der Waals surface area contributed by atoms with Crippen molar-refractivity contribution < 1.29 is 9.90 Å². The van der Waals surface area contributed by atoms with Gasteiger partial charge in [-0.05, 0) is 80.1 Å². The molecule has 22 heavy (non-hydrogen) atoms. The largest absolute Gasteiger partial charge is 0.508 e. The molecular weight excluding hydrogens is 272 g/mol. The van der Waals surface area contributed by atoms with Crippen LogP contribution in [-0.2, 0) is 4.79 Å². The first-order valence-corrected chi connectivity index (χ1v) is 8.39. The second-order valence-corrected chi connectivity index (χ2v) is 6.99. The predicted octanol–water partition coefficient (Wildman–Crippen LogP) is 5.24. The molecule has 2 heteroatoms. The van der Waals surface area contributed by atoms with Crippen molar-refractivity contribution in [1.29, 1.82) is 0 Å². The lowest BCUT2D eigenvalue weighted by molar-refractivity contribution is -0.104. The summed E-state index contributed by atoms with van der Waals surface area (Å²) in [6.07, 6.45) is 7.31. The van der Waals surface area contributed by atoms with Crippen LogP contribution in [0.25, 0.3) is 0 Å². The molecular formula is C20H28O2. The number of carbonyl (C=O) groups excluding carboxylic acids is 1. The van der Waals surface area contributed by atoms with Gasteiger partial charge in [-0.1, -0.05) is 26.0 Å². The minimum Gasteiger partial charge on any atom is -0.508 e. The van der Waals surface area contributed by atoms with Gasteiger partial charge in [0.05, 0.1) is 0 Å². The lowest BCUT2D eigenvalue weighted by Crippen LogP contribution is -2.19. The van der Waals surface area contributed by atoms with Crippen molar-refractivity contribution in [3.63, 3.8) is 0 Å². The van der Waals surface area contributed by atoms with Gasteiger partial charge >= 0.3 is 0 Å². The van der Waals surface area contributed by atoms with Gasteiger partial charge in [-0.2, -0.15) is 0 Å². The molecule has 2 rings (SSSR count). The van der Waals surface area contributed by atoms with Crippen molar-refractivity contribution >= 4 is 6.29 Å². The number of rotatable bonds is 5. The van der Waals surface area contributed by atoms with E-state index in [1.54, 1.807) is 0 Å². The summed E-state index contributed by atoms with van der Waals surface area (Å²) in [7, 11) is 0. The number of hydrogen-bond donors (Lipinski definition) is 1. The van der Waals surface area contributed by atoms with Gasteiger partial charge in [0, 0.05) is 5.56 Å². The molecule has 1 aliphatic carbocycles. The average molecular weight is 300 g/mol. The Morgan fingerprint density at radius 1 is 1.41 bits per heavy atom. The summed E-state index contributed by atoms with van der Waals surface area (Å²) in [6, 6.07) is 4.15. The molecule has 1 aliphatic rings. The van der Waals surface area contributed by atoms with Gasteiger partial charge in [0.1, 0.15) is 12.0 Å². The van der Waals surface area contributed by atoms with Crippen LogP contribution >= 0.6 is 0 Å². The average Bonchev–Trinajstić information content (AvgIpc) is 2.46. The number of phenols is 1. The molecule has 0 spiro atoms. The second-order valence-electron chi connectivity index (χ2n) is 6.99. The van der Waals surface area contributed by atoms with E-state index in [9.17, 15) is 9.90 Å². The van der Waals surface area contributed by atoms with Crippen molar-refractivity contribution in [1.82, 2.24) is 0 Å². The molecule has 2 nitrogen and oxygen atoms in total. The van der Waals surface area contributed by atoms with Crippen molar-refractivity contribution in [2.75, 3.05) is 0 Å². The highest BCUT2D eigenvalue weighted by Crippen LogP contribution is 2.47. The molecule has 0 fully saturated rings. The SMILES string of the molecule is C/C(C=O)=C\CC[C@H](C)[C@@H]1CC[C@@H](C)c2c(O)cc(C)cc21. The molecule has 0 bridgehead atoms. The minimum absolute atomic E-state index is 0.441. The highest BCUT2D eigenvalue weighted by molar-refractivity contribution is 5.71. The maximum absolute atomic E-state index is 10.7. The van der Waals surface area contributed by atoms with E-state index in [0.29, 0.717) is 23.5 Å². The predicted molar refractivity (Wildman–Crippen MR) is 91.5 cm³/mol. The van der Waals surface area contributed by atoms with E-state index in [0.717, 1.165) is 42.2 Å². The van der Waals surface area contributed by atoms with E-state index >= 15 is 0 Å². The van der Waals surface area contributed by atoms with Gasteiger partial charge in [-0.25, -0.2) is 0 Å². The van der Waals surface area contributed by atoms with E-state index in [1.165, 1.54) is 12.0 Å². The Bertz CT molecular complexity index is 571. The molecule has 0 aliphatic heterocycles. The Kier molecular flexibility index (Phi) is 5.44. The van der Waals surface area contributed by atoms with Crippen LogP contribution < -0.4 is 0 Å². The molecule has 0 unspecified atom stereocenters. The number of fused-ring (bicyclic) bond motifs is 1. The number of allylic oxidation sites excluding steroid dienone is 2. The van der Waals surface area contributed by atoms with E-state index < -0.39 is 0 Å². The molecule has 1 aromatic carbocycles. The molecule has 0 saturated heterocycles. The number of carbonyl (C=O) groups is 1. The zero-order valence-electron chi connectivity index (χ0n) is 14.2. The van der Waals surface area contributed by atoms with Crippen molar-refractivity contribution in [3.05, 3.63) is 40.5 Å². The fourth-order valence-corrected chi connectivity index (χ4v) is 3.79. The highest BCUT2D eigenvalue weighted by atomic mass is 16.3. The summed E-state index contributed by atoms with van der Waals surface area (Å²) in [5.74, 6) is 1.98. The van der Waals surface area contributed by atoms with Crippen LogP contribution in [0.2, 0.25) is 0 Å². The van der Waals surface area contributed by atoms with Crippen molar-refractivity contribution in [2.24, 2.45) is 5.92 Å². The van der Waals surface area contributed by atoms with Gasteiger partial charge in [0.15, 0.2) is 0 Å². The van der Waals surface area contributed by atoms with Gasteiger partial charge in [-0.15, -0.1) is 0 Å². The van der Waals surface area contributed by atoms with E-state index in [4.69, 9.17) is 0 Å². The maximum atomic E-state index is 10.7. The van der Waals surface area contributed by atoms with Gasteiger partial charge in [-0.3, -0.25) is 4.79 Å². The zero-order valence-corrected chi connectivity index (χ0v) is 14.2. The first kappa shape index (κ1) is 16.8. The fraction of sp³-hybridized carbons (Fsp3) is 0.550. The molecule has 0 amide bonds. The van der Waals surface area contributed by atoms with Gasteiger partial charge in [0.2, 0.25) is 0 Å². The third-order valence-electron chi connectivity index (χ3n) is 5.10. The third-order valence-corrected chi connectivity index (χ3v) is 5.10. The standard InChI is InChI=1S/C20H28O2/c1-13(12-21)6-5-7-15(3)17-9-8-16(4)20-18(17)10-14(2)11-19(20)22/h6,10-12,15-17,22H,5,7-9H2,1-4H3/b13-6+/t15-,16+,17-/m0/s1. The number of aryl methyl sites for hydroxylation is 1. The Morgan fingerprint density at radius 3 is 2.82 bits per heavy atom. The molecule has 0 heterocycles. The molecule has 1 aromatic rings. The summed E-state index contributed by atoms with van der Waals surface area (Å²) in [5, 5.41) is 10.3. The minimum atomic E-state index is 0.441. The molecule has 0 saturated carbocycles. The van der Waals surface area contributed by atoms with E-state index in [2.05, 4.69) is 26.8 Å². The van der Waals surface area contributed by atoms with Crippen LogP contribution in [0.15, 0.2) is 23.8 Å². The van der Waals surface area contributed by atoms with Crippen molar-refractivity contribution in [3.8, 4) is 5.75 Å². The molecule has 0 aromatic heterocycles. The summed E-state index contributed by atoms with van der Waals surface area (Å²) in [4.78, 5) is 10.7. The number of benzene rings is 1. The van der Waals surface area contributed by atoms with Crippen LogP contribution in [0.3, 0.4) is 0 Å². The highest BCUT2D eigenvalue weighted by Gasteiger charge is 2.30. The van der Waals surface area contributed by atoms with Crippen LogP contribution in [-0.4, -0.2) is 11.4 Å².